The molecule has 0 amide bonds. The number of methoxy groups -OCH3 is 1. The van der Waals surface area contributed by atoms with Crippen LogP contribution < -0.4 is 10.1 Å². The molecule has 1 aromatic rings. The number of nitrogens with one attached hydrogen (secondary N) is 1. The molecular weight excluding hydrogens is 214 g/mol. The van der Waals surface area contributed by atoms with Crippen LogP contribution in [0.1, 0.15) is 25.0 Å². The monoisotopic (exact) mass is 237 g/mol. The van der Waals surface area contributed by atoms with Crippen molar-refractivity contribution in [1.29, 1.82) is 0 Å². The Bertz CT molecular complexity index is 337. The molecule has 0 spiro atoms. The molecule has 96 valence electrons. The van der Waals surface area contributed by atoms with E-state index in [0.717, 1.165) is 12.3 Å². The van der Waals surface area contributed by atoms with Crippen LogP contribution in [0, 0.1) is 6.92 Å². The van der Waals surface area contributed by atoms with Crippen molar-refractivity contribution in [1.82, 2.24) is 5.32 Å². The Kier molecular flexibility index (Phi) is 6.01. The van der Waals surface area contributed by atoms with Gasteiger partial charge in [-0.2, -0.15) is 0 Å². The first-order valence-corrected chi connectivity index (χ1v) is 6.08. The van der Waals surface area contributed by atoms with Crippen LogP contribution in [-0.2, 0) is 11.3 Å². The molecule has 0 atom stereocenters. The largest absolute Gasteiger partial charge is 0.491 e. The molecule has 1 N–H and O–H groups in total. The van der Waals surface area contributed by atoms with E-state index in [0.29, 0.717) is 19.3 Å². The molecule has 1 aromatic carbocycles. The van der Waals surface area contributed by atoms with Gasteiger partial charge < -0.3 is 14.8 Å². The van der Waals surface area contributed by atoms with Gasteiger partial charge in [0.25, 0.3) is 0 Å². The molecule has 0 bridgehead atoms. The molecular formula is C14H23NO2. The highest BCUT2D eigenvalue weighted by Gasteiger charge is 2.04. The fourth-order valence-electron chi connectivity index (χ4n) is 1.54. The average molecular weight is 237 g/mol. The quantitative estimate of drug-likeness (QED) is 0.739. The van der Waals surface area contributed by atoms with Gasteiger partial charge in [0.15, 0.2) is 0 Å². The maximum Gasteiger partial charge on any atom is 0.123 e. The third kappa shape index (κ3) is 5.20. The lowest BCUT2D eigenvalue weighted by Crippen LogP contribution is -2.22. The first-order valence-electron chi connectivity index (χ1n) is 6.08. The van der Waals surface area contributed by atoms with E-state index in [2.05, 4.69) is 38.2 Å². The summed E-state index contributed by atoms with van der Waals surface area (Å²) >= 11 is 0. The molecule has 1 rings (SSSR count). The Morgan fingerprint density at radius 3 is 2.65 bits per heavy atom. The molecule has 0 heterocycles. The van der Waals surface area contributed by atoms with Gasteiger partial charge in [-0.3, -0.25) is 0 Å². The van der Waals surface area contributed by atoms with Gasteiger partial charge in [-0.15, -0.1) is 0 Å². The first kappa shape index (κ1) is 14.0. The van der Waals surface area contributed by atoms with Crippen LogP contribution in [0.15, 0.2) is 18.2 Å². The molecule has 17 heavy (non-hydrogen) atoms. The highest BCUT2D eigenvalue weighted by atomic mass is 16.5. The molecule has 0 saturated heterocycles. The Hall–Kier alpha value is -1.06. The Morgan fingerprint density at radius 2 is 2.00 bits per heavy atom. The molecule has 0 aliphatic heterocycles. The fraction of sp³-hybridized carbons (Fsp3) is 0.571. The lowest BCUT2D eigenvalue weighted by Gasteiger charge is -2.14. The van der Waals surface area contributed by atoms with Crippen molar-refractivity contribution in [2.24, 2.45) is 0 Å². The zero-order chi connectivity index (χ0) is 12.7. The van der Waals surface area contributed by atoms with Crippen LogP contribution in [-0.4, -0.2) is 26.4 Å². The molecule has 0 unspecified atom stereocenters. The van der Waals surface area contributed by atoms with Crippen LogP contribution in [0.5, 0.6) is 5.75 Å². The number of ether oxygens (including phenoxy) is 2. The van der Waals surface area contributed by atoms with Crippen molar-refractivity contribution < 1.29 is 9.47 Å². The second kappa shape index (κ2) is 7.30. The average Bonchev–Trinajstić information content (AvgIpc) is 2.29. The molecule has 0 saturated carbocycles. The van der Waals surface area contributed by atoms with E-state index in [1.807, 2.05) is 6.07 Å². The number of hydrogen-bond acceptors (Lipinski definition) is 3. The van der Waals surface area contributed by atoms with Gasteiger partial charge in [0.1, 0.15) is 12.4 Å². The van der Waals surface area contributed by atoms with Crippen molar-refractivity contribution in [2.75, 3.05) is 20.3 Å². The normalized spacial score (nSPS) is 10.9. The maximum absolute atomic E-state index is 5.70. The summed E-state index contributed by atoms with van der Waals surface area (Å²) in [5.74, 6) is 0.945. The third-order valence-electron chi connectivity index (χ3n) is 2.46. The highest BCUT2D eigenvalue weighted by Crippen LogP contribution is 2.20. The van der Waals surface area contributed by atoms with E-state index >= 15 is 0 Å². The predicted molar refractivity (Wildman–Crippen MR) is 70.5 cm³/mol. The molecule has 3 nitrogen and oxygen atoms in total. The Morgan fingerprint density at radius 1 is 1.24 bits per heavy atom. The summed E-state index contributed by atoms with van der Waals surface area (Å²) in [7, 11) is 1.68. The van der Waals surface area contributed by atoms with E-state index in [4.69, 9.17) is 9.47 Å². The first-order chi connectivity index (χ1) is 8.13. The zero-order valence-corrected chi connectivity index (χ0v) is 11.2. The number of hydrogen-bond donors (Lipinski definition) is 1. The van der Waals surface area contributed by atoms with E-state index in [1.165, 1.54) is 11.1 Å². The number of aryl methyl sites for hydroxylation is 1. The topological polar surface area (TPSA) is 30.5 Å². The lowest BCUT2D eigenvalue weighted by atomic mass is 10.1. The van der Waals surface area contributed by atoms with Gasteiger partial charge in [-0.1, -0.05) is 31.5 Å². The van der Waals surface area contributed by atoms with E-state index in [-0.39, 0.29) is 0 Å². The maximum atomic E-state index is 5.70. The Labute approximate surface area is 104 Å². The smallest absolute Gasteiger partial charge is 0.123 e. The second-order valence-electron chi connectivity index (χ2n) is 4.49. The Balaban J connectivity index is 2.66. The van der Waals surface area contributed by atoms with Gasteiger partial charge in [0.05, 0.1) is 6.61 Å². The van der Waals surface area contributed by atoms with Crippen LogP contribution in [0.2, 0.25) is 0 Å². The molecule has 3 heteroatoms. The van der Waals surface area contributed by atoms with Crippen LogP contribution >= 0.6 is 0 Å². The van der Waals surface area contributed by atoms with E-state index < -0.39 is 0 Å². The van der Waals surface area contributed by atoms with Crippen LogP contribution in [0.25, 0.3) is 0 Å². The third-order valence-corrected chi connectivity index (χ3v) is 2.46. The number of rotatable bonds is 7. The zero-order valence-electron chi connectivity index (χ0n) is 11.2. The minimum absolute atomic E-state index is 0.474. The minimum Gasteiger partial charge on any atom is -0.491 e. The molecule has 0 radical (unpaired) electrons. The minimum atomic E-state index is 0.474. The van der Waals surface area contributed by atoms with Gasteiger partial charge in [0.2, 0.25) is 0 Å². The fourth-order valence-corrected chi connectivity index (χ4v) is 1.54. The molecule has 0 aromatic heterocycles. The van der Waals surface area contributed by atoms with Crippen LogP contribution in [0.3, 0.4) is 0 Å². The van der Waals surface area contributed by atoms with E-state index in [1.54, 1.807) is 7.11 Å². The SMILES string of the molecule is COCCOc1ccc(C)cc1CNC(C)C. The summed E-state index contributed by atoms with van der Waals surface area (Å²) in [6.07, 6.45) is 0. The van der Waals surface area contributed by atoms with Crippen molar-refractivity contribution in [3.63, 3.8) is 0 Å². The molecule has 0 aliphatic carbocycles. The van der Waals surface area contributed by atoms with Crippen molar-refractivity contribution in [3.05, 3.63) is 29.3 Å². The lowest BCUT2D eigenvalue weighted by molar-refractivity contribution is 0.145. The van der Waals surface area contributed by atoms with Gasteiger partial charge in [-0.25, -0.2) is 0 Å². The van der Waals surface area contributed by atoms with Crippen molar-refractivity contribution in [3.8, 4) is 5.75 Å². The standard InChI is InChI=1S/C14H23NO2/c1-11(2)15-10-13-9-12(3)5-6-14(13)17-8-7-16-4/h5-6,9,11,15H,7-8,10H2,1-4H3. The van der Waals surface area contributed by atoms with Gasteiger partial charge in [-0.05, 0) is 13.0 Å². The van der Waals surface area contributed by atoms with Gasteiger partial charge in [0, 0.05) is 25.3 Å². The summed E-state index contributed by atoms with van der Waals surface area (Å²) in [4.78, 5) is 0. The summed E-state index contributed by atoms with van der Waals surface area (Å²) in [6, 6.07) is 6.74. The predicted octanol–water partition coefficient (Wildman–Crippen LogP) is 2.52. The summed E-state index contributed by atoms with van der Waals surface area (Å²) in [6.45, 7) is 8.42. The molecule has 0 fully saturated rings. The van der Waals surface area contributed by atoms with Crippen LogP contribution in [0.4, 0.5) is 0 Å². The summed E-state index contributed by atoms with van der Waals surface area (Å²) in [5.41, 5.74) is 2.46. The van der Waals surface area contributed by atoms with Crippen molar-refractivity contribution >= 4 is 0 Å². The second-order valence-corrected chi connectivity index (χ2v) is 4.49. The van der Waals surface area contributed by atoms with Gasteiger partial charge >= 0.3 is 0 Å². The summed E-state index contributed by atoms with van der Waals surface area (Å²) in [5, 5.41) is 3.41. The molecule has 0 aliphatic rings. The van der Waals surface area contributed by atoms with Crippen molar-refractivity contribution in [2.45, 2.75) is 33.4 Å². The number of benzene rings is 1. The highest BCUT2D eigenvalue weighted by molar-refractivity contribution is 5.36. The van der Waals surface area contributed by atoms with E-state index in [9.17, 15) is 0 Å². The summed E-state index contributed by atoms with van der Waals surface area (Å²) < 4.78 is 10.7.